The summed E-state index contributed by atoms with van der Waals surface area (Å²) in [6.45, 7) is 3.79. The Bertz CT molecular complexity index is 773. The number of carbonyl (C=O) groups excluding carboxylic acids is 2. The number of likely N-dealkylation sites (tertiary alicyclic amines) is 1. The van der Waals surface area contributed by atoms with Crippen molar-refractivity contribution in [2.75, 3.05) is 31.6 Å². The summed E-state index contributed by atoms with van der Waals surface area (Å²) < 4.78 is 5.50. The van der Waals surface area contributed by atoms with Crippen molar-refractivity contribution in [2.45, 2.75) is 57.0 Å². The largest absolute Gasteiger partial charge is 0.381 e. The number of benzene rings is 1. The molecule has 0 unspecified atom stereocenters. The lowest BCUT2D eigenvalue weighted by Crippen LogP contribution is -2.49. The molecule has 5 nitrogen and oxygen atoms in total. The fourth-order valence-corrected chi connectivity index (χ4v) is 5.52. The number of piperidine rings is 1. The van der Waals surface area contributed by atoms with E-state index in [1.807, 2.05) is 28.0 Å². The first-order chi connectivity index (χ1) is 13.4. The molecule has 1 aromatic carbocycles. The lowest BCUT2D eigenvalue weighted by molar-refractivity contribution is -0.139. The number of ether oxygens (including phenoxy) is 1. The van der Waals surface area contributed by atoms with Crippen molar-refractivity contribution in [1.82, 2.24) is 4.90 Å². The predicted molar refractivity (Wildman–Crippen MR) is 110 cm³/mol. The monoisotopic (exact) mass is 404 g/mol. The molecule has 2 aliphatic heterocycles. The minimum atomic E-state index is -0.0929. The second-order valence-electron chi connectivity index (χ2n) is 8.59. The topological polar surface area (TPSA) is 49.9 Å². The maximum atomic E-state index is 13.1. The van der Waals surface area contributed by atoms with Gasteiger partial charge in [0.2, 0.25) is 11.8 Å². The third-order valence-electron chi connectivity index (χ3n) is 7.00. The van der Waals surface area contributed by atoms with E-state index in [1.54, 1.807) is 14.0 Å². The highest BCUT2D eigenvalue weighted by atomic mass is 35.5. The van der Waals surface area contributed by atoms with Crippen LogP contribution in [0.25, 0.3) is 0 Å². The maximum Gasteiger partial charge on any atom is 0.225 e. The number of hydrogen-bond donors (Lipinski definition) is 0. The van der Waals surface area contributed by atoms with Crippen molar-refractivity contribution in [2.24, 2.45) is 5.92 Å². The molecule has 2 fully saturated rings. The Morgan fingerprint density at radius 1 is 1.21 bits per heavy atom. The number of fused-ring (bicyclic) bond motifs is 2. The van der Waals surface area contributed by atoms with Gasteiger partial charge in [-0.2, -0.15) is 0 Å². The molecule has 2 heterocycles. The van der Waals surface area contributed by atoms with Crippen LogP contribution in [-0.2, 0) is 19.7 Å². The van der Waals surface area contributed by atoms with Gasteiger partial charge in [0.05, 0.1) is 6.10 Å². The van der Waals surface area contributed by atoms with Crippen LogP contribution < -0.4 is 4.90 Å². The molecule has 1 saturated heterocycles. The van der Waals surface area contributed by atoms with E-state index >= 15 is 0 Å². The second kappa shape index (κ2) is 7.68. The minimum absolute atomic E-state index is 0.0618. The van der Waals surface area contributed by atoms with Gasteiger partial charge in [-0.05, 0) is 55.9 Å². The zero-order valence-electron chi connectivity index (χ0n) is 16.7. The molecule has 0 aromatic heterocycles. The average molecular weight is 405 g/mol. The predicted octanol–water partition coefficient (Wildman–Crippen LogP) is 3.77. The first kappa shape index (κ1) is 19.7. The number of methoxy groups -OCH3 is 1. The lowest BCUT2D eigenvalue weighted by atomic mass is 9.74. The van der Waals surface area contributed by atoms with Crippen molar-refractivity contribution in [3.05, 3.63) is 28.8 Å². The Labute approximate surface area is 172 Å². The Morgan fingerprint density at radius 3 is 2.64 bits per heavy atom. The summed E-state index contributed by atoms with van der Waals surface area (Å²) in [5.74, 6) is 0.433. The summed E-state index contributed by atoms with van der Waals surface area (Å²) in [5, 5.41) is 0.704. The van der Waals surface area contributed by atoms with E-state index < -0.39 is 0 Å². The fourth-order valence-electron chi connectivity index (χ4n) is 5.35. The maximum absolute atomic E-state index is 13.1. The summed E-state index contributed by atoms with van der Waals surface area (Å²) >= 11 is 6.28. The molecule has 1 saturated carbocycles. The molecule has 0 bridgehead atoms. The van der Waals surface area contributed by atoms with E-state index in [9.17, 15) is 9.59 Å². The number of anilines is 1. The summed E-state index contributed by atoms with van der Waals surface area (Å²) in [7, 11) is 1.74. The molecule has 0 radical (unpaired) electrons. The molecule has 1 spiro atoms. The van der Waals surface area contributed by atoms with Gasteiger partial charge in [0.15, 0.2) is 0 Å². The molecular weight excluding hydrogens is 376 g/mol. The van der Waals surface area contributed by atoms with Gasteiger partial charge in [-0.1, -0.05) is 18.0 Å². The Kier molecular flexibility index (Phi) is 5.41. The third kappa shape index (κ3) is 3.43. The van der Waals surface area contributed by atoms with E-state index in [1.165, 1.54) is 5.56 Å². The fraction of sp³-hybridized carbons (Fsp3) is 0.636. The number of rotatable bonds is 2. The van der Waals surface area contributed by atoms with Gasteiger partial charge in [0.25, 0.3) is 0 Å². The van der Waals surface area contributed by atoms with E-state index in [-0.39, 0.29) is 29.3 Å². The van der Waals surface area contributed by atoms with Crippen LogP contribution in [0.1, 0.15) is 51.0 Å². The van der Waals surface area contributed by atoms with E-state index in [0.717, 1.165) is 57.3 Å². The van der Waals surface area contributed by atoms with Gasteiger partial charge < -0.3 is 14.5 Å². The SMILES string of the molecule is CO[C@H]1CCC[C@H](C(=O)N2CCC3(CC2)CN(C(C)=O)c2ccc(Cl)cc23)C1. The molecule has 3 aliphatic rings. The number of halogens is 1. The van der Waals surface area contributed by atoms with Gasteiger partial charge in [-0.3, -0.25) is 9.59 Å². The van der Waals surface area contributed by atoms with Crippen LogP contribution in [0.4, 0.5) is 5.69 Å². The van der Waals surface area contributed by atoms with Gasteiger partial charge in [-0.15, -0.1) is 0 Å². The molecule has 2 atom stereocenters. The van der Waals surface area contributed by atoms with Crippen molar-refractivity contribution in [3.63, 3.8) is 0 Å². The molecule has 2 amide bonds. The van der Waals surface area contributed by atoms with E-state index in [2.05, 4.69) is 0 Å². The van der Waals surface area contributed by atoms with Crippen LogP contribution in [0, 0.1) is 5.92 Å². The molecule has 28 heavy (non-hydrogen) atoms. The Balaban J connectivity index is 1.49. The third-order valence-corrected chi connectivity index (χ3v) is 7.24. The van der Waals surface area contributed by atoms with Crippen LogP contribution >= 0.6 is 11.6 Å². The zero-order valence-corrected chi connectivity index (χ0v) is 17.5. The van der Waals surface area contributed by atoms with Crippen LogP contribution in [0.3, 0.4) is 0 Å². The summed E-state index contributed by atoms with van der Waals surface area (Å²) in [6.07, 6.45) is 5.89. The molecule has 6 heteroatoms. The smallest absolute Gasteiger partial charge is 0.225 e. The quantitative estimate of drug-likeness (QED) is 0.753. The summed E-state index contributed by atoms with van der Waals surface area (Å²) in [4.78, 5) is 29.2. The summed E-state index contributed by atoms with van der Waals surface area (Å²) in [6, 6.07) is 5.82. The van der Waals surface area contributed by atoms with Gasteiger partial charge in [0.1, 0.15) is 0 Å². The van der Waals surface area contributed by atoms with E-state index in [0.29, 0.717) is 11.6 Å². The average Bonchev–Trinajstić information content (AvgIpc) is 3.02. The number of hydrogen-bond acceptors (Lipinski definition) is 3. The van der Waals surface area contributed by atoms with Crippen molar-refractivity contribution < 1.29 is 14.3 Å². The van der Waals surface area contributed by atoms with E-state index in [4.69, 9.17) is 16.3 Å². The van der Waals surface area contributed by atoms with Crippen molar-refractivity contribution in [3.8, 4) is 0 Å². The molecule has 152 valence electrons. The zero-order chi connectivity index (χ0) is 19.9. The molecular formula is C22H29ClN2O3. The van der Waals surface area contributed by atoms with Crippen LogP contribution in [-0.4, -0.2) is 49.6 Å². The number of amides is 2. The molecule has 0 N–H and O–H groups in total. The highest BCUT2D eigenvalue weighted by Gasteiger charge is 2.47. The normalized spacial score (nSPS) is 26.4. The van der Waals surface area contributed by atoms with Gasteiger partial charge in [0, 0.05) is 55.7 Å². The highest BCUT2D eigenvalue weighted by Crippen LogP contribution is 2.48. The van der Waals surface area contributed by atoms with Crippen LogP contribution in [0.15, 0.2) is 18.2 Å². The first-order valence-electron chi connectivity index (χ1n) is 10.3. The number of nitrogens with zero attached hydrogens (tertiary/aromatic N) is 2. The molecule has 1 aromatic rings. The first-order valence-corrected chi connectivity index (χ1v) is 10.7. The lowest BCUT2D eigenvalue weighted by Gasteiger charge is -2.41. The van der Waals surface area contributed by atoms with Gasteiger partial charge in [-0.25, -0.2) is 0 Å². The summed E-state index contributed by atoms with van der Waals surface area (Å²) in [5.41, 5.74) is 2.05. The van der Waals surface area contributed by atoms with Gasteiger partial charge >= 0.3 is 0 Å². The second-order valence-corrected chi connectivity index (χ2v) is 9.03. The van der Waals surface area contributed by atoms with Crippen LogP contribution in [0.5, 0.6) is 0 Å². The minimum Gasteiger partial charge on any atom is -0.381 e. The Morgan fingerprint density at radius 2 is 1.96 bits per heavy atom. The number of carbonyl (C=O) groups is 2. The molecule has 4 rings (SSSR count). The van der Waals surface area contributed by atoms with Crippen molar-refractivity contribution in [1.29, 1.82) is 0 Å². The standard InChI is InChI=1S/C22H29ClN2O3/c1-15(26)25-14-22(19-13-17(23)6-7-20(19)25)8-10-24(11-9-22)21(27)16-4-3-5-18(12-16)28-2/h6-7,13,16,18H,3-5,8-12,14H2,1-2H3/t16-,18-/m0/s1. The molecule has 1 aliphatic carbocycles. The highest BCUT2D eigenvalue weighted by molar-refractivity contribution is 6.30. The van der Waals surface area contributed by atoms with Crippen molar-refractivity contribution >= 4 is 29.1 Å². The van der Waals surface area contributed by atoms with Crippen LogP contribution in [0.2, 0.25) is 5.02 Å². The Hall–Kier alpha value is -1.59.